The Morgan fingerprint density at radius 1 is 1.12 bits per heavy atom. The summed E-state index contributed by atoms with van der Waals surface area (Å²) in [7, 11) is 0. The summed E-state index contributed by atoms with van der Waals surface area (Å²) in [6, 6.07) is 0. The lowest BCUT2D eigenvalue weighted by atomic mass is 9.85. The topological polar surface area (TPSA) is 56.3 Å². The third kappa shape index (κ3) is 1.71. The van der Waals surface area contributed by atoms with Crippen LogP contribution in [0.5, 0.6) is 11.8 Å². The predicted molar refractivity (Wildman–Crippen MR) is 57.6 cm³/mol. The summed E-state index contributed by atoms with van der Waals surface area (Å²) < 4.78 is 11.3. The van der Waals surface area contributed by atoms with Crippen LogP contribution < -0.4 is 14.8 Å². The molecule has 1 aromatic rings. The second kappa shape index (κ2) is 3.90. The maximum absolute atomic E-state index is 5.73. The van der Waals surface area contributed by atoms with Gasteiger partial charge in [0, 0.05) is 24.4 Å². The monoisotopic (exact) mass is 221 g/mol. The van der Waals surface area contributed by atoms with Gasteiger partial charge in [-0.3, -0.25) is 0 Å². The molecule has 1 fully saturated rings. The fourth-order valence-electron chi connectivity index (χ4n) is 2.30. The van der Waals surface area contributed by atoms with Gasteiger partial charge in [-0.1, -0.05) is 0 Å². The average Bonchev–Trinajstić information content (AvgIpc) is 2.75. The van der Waals surface area contributed by atoms with Crippen molar-refractivity contribution in [3.8, 4) is 11.8 Å². The molecule has 86 valence electrons. The van der Waals surface area contributed by atoms with Crippen LogP contribution in [0.4, 0.5) is 0 Å². The van der Waals surface area contributed by atoms with Crippen molar-refractivity contribution >= 4 is 0 Å². The molecule has 2 aliphatic rings. The zero-order chi connectivity index (χ0) is 10.8. The minimum atomic E-state index is 0.217. The quantitative estimate of drug-likeness (QED) is 0.696. The molecular weight excluding hydrogens is 206 g/mol. The van der Waals surface area contributed by atoms with Crippen LogP contribution in [0.3, 0.4) is 0 Å². The Morgan fingerprint density at radius 2 is 1.94 bits per heavy atom. The fourth-order valence-corrected chi connectivity index (χ4v) is 2.30. The summed E-state index contributed by atoms with van der Waals surface area (Å²) in [5, 5.41) is 3.38. The van der Waals surface area contributed by atoms with Gasteiger partial charge in [0.15, 0.2) is 0 Å². The van der Waals surface area contributed by atoms with Gasteiger partial charge in [0.2, 0.25) is 0 Å². The summed E-state index contributed by atoms with van der Waals surface area (Å²) in [5.41, 5.74) is 0.217. The lowest BCUT2D eigenvalue weighted by molar-refractivity contribution is 0.0976. The van der Waals surface area contributed by atoms with E-state index in [4.69, 9.17) is 9.47 Å². The Labute approximate surface area is 94.2 Å². The number of ether oxygens (including phenoxy) is 2. The minimum Gasteiger partial charge on any atom is -0.474 e. The first-order valence-electron chi connectivity index (χ1n) is 5.65. The Kier molecular flexibility index (Phi) is 2.40. The van der Waals surface area contributed by atoms with E-state index in [1.165, 1.54) is 0 Å². The number of fused-ring (bicyclic) bond motifs is 1. The third-order valence-corrected chi connectivity index (χ3v) is 3.35. The van der Waals surface area contributed by atoms with E-state index in [2.05, 4.69) is 15.3 Å². The highest BCUT2D eigenvalue weighted by molar-refractivity contribution is 5.24. The van der Waals surface area contributed by atoms with Crippen molar-refractivity contribution in [3.05, 3.63) is 12.4 Å². The molecule has 0 bridgehead atoms. The van der Waals surface area contributed by atoms with Gasteiger partial charge in [0.05, 0.1) is 13.2 Å². The van der Waals surface area contributed by atoms with Crippen LogP contribution in [0, 0.1) is 5.41 Å². The first-order valence-corrected chi connectivity index (χ1v) is 5.65. The van der Waals surface area contributed by atoms with Gasteiger partial charge in [-0.25, -0.2) is 9.97 Å². The molecule has 1 unspecified atom stereocenters. The molecule has 1 atom stereocenters. The molecule has 5 nitrogen and oxygen atoms in total. The van der Waals surface area contributed by atoms with Crippen LogP contribution in [0.15, 0.2) is 12.4 Å². The standard InChI is InChI=1S/C11H15N3O2/c1-3-12-7-11(1)2-6-15-9-10(16-8-11)14-5-4-13-9/h4-5,12H,1-3,6-8H2. The van der Waals surface area contributed by atoms with Crippen molar-refractivity contribution < 1.29 is 9.47 Å². The first kappa shape index (κ1) is 9.84. The van der Waals surface area contributed by atoms with E-state index < -0.39 is 0 Å². The van der Waals surface area contributed by atoms with Crippen molar-refractivity contribution in [2.24, 2.45) is 5.41 Å². The van der Waals surface area contributed by atoms with Crippen molar-refractivity contribution in [2.75, 3.05) is 26.3 Å². The van der Waals surface area contributed by atoms with Crippen molar-refractivity contribution in [1.82, 2.24) is 15.3 Å². The lowest BCUT2D eigenvalue weighted by Crippen LogP contribution is -2.34. The summed E-state index contributed by atoms with van der Waals surface area (Å²) in [4.78, 5) is 8.26. The van der Waals surface area contributed by atoms with Crippen LogP contribution in [-0.4, -0.2) is 36.3 Å². The summed E-state index contributed by atoms with van der Waals surface area (Å²) in [6.45, 7) is 3.47. The maximum Gasteiger partial charge on any atom is 0.278 e. The van der Waals surface area contributed by atoms with Crippen LogP contribution in [0.25, 0.3) is 0 Å². The molecule has 0 saturated carbocycles. The number of rotatable bonds is 0. The number of aromatic nitrogens is 2. The molecule has 2 aliphatic heterocycles. The van der Waals surface area contributed by atoms with E-state index in [-0.39, 0.29) is 5.41 Å². The molecule has 1 aromatic heterocycles. The molecule has 0 aliphatic carbocycles. The fraction of sp³-hybridized carbons (Fsp3) is 0.636. The summed E-state index contributed by atoms with van der Waals surface area (Å²) in [6.07, 6.45) is 5.40. The molecule has 0 amide bonds. The van der Waals surface area contributed by atoms with Crippen molar-refractivity contribution in [3.63, 3.8) is 0 Å². The van der Waals surface area contributed by atoms with Crippen LogP contribution in [0.2, 0.25) is 0 Å². The van der Waals surface area contributed by atoms with E-state index in [0.29, 0.717) is 25.0 Å². The van der Waals surface area contributed by atoms with Gasteiger partial charge in [-0.2, -0.15) is 0 Å². The van der Waals surface area contributed by atoms with Crippen molar-refractivity contribution in [2.45, 2.75) is 12.8 Å². The SMILES string of the molecule is c1cnc2c(n1)OCCC1(CCNC1)CO2. The summed E-state index contributed by atoms with van der Waals surface area (Å²) >= 11 is 0. The van der Waals surface area contributed by atoms with Crippen molar-refractivity contribution in [1.29, 1.82) is 0 Å². The molecule has 1 N–H and O–H groups in total. The molecule has 3 heterocycles. The molecule has 1 saturated heterocycles. The number of nitrogens with zero attached hydrogens (tertiary/aromatic N) is 2. The van der Waals surface area contributed by atoms with E-state index in [9.17, 15) is 0 Å². The average molecular weight is 221 g/mol. The maximum atomic E-state index is 5.73. The zero-order valence-electron chi connectivity index (χ0n) is 9.11. The highest BCUT2D eigenvalue weighted by Gasteiger charge is 2.36. The predicted octanol–water partition coefficient (Wildman–Crippen LogP) is 0.618. The second-order valence-corrected chi connectivity index (χ2v) is 4.48. The molecule has 0 aromatic carbocycles. The number of hydrogen-bond acceptors (Lipinski definition) is 5. The van der Waals surface area contributed by atoms with Gasteiger partial charge < -0.3 is 14.8 Å². The third-order valence-electron chi connectivity index (χ3n) is 3.35. The molecular formula is C11H15N3O2. The molecule has 0 radical (unpaired) electrons. The Morgan fingerprint density at radius 3 is 2.69 bits per heavy atom. The smallest absolute Gasteiger partial charge is 0.278 e. The lowest BCUT2D eigenvalue weighted by Gasteiger charge is -2.29. The van der Waals surface area contributed by atoms with E-state index in [0.717, 1.165) is 25.9 Å². The highest BCUT2D eigenvalue weighted by Crippen LogP contribution is 2.34. The minimum absolute atomic E-state index is 0.217. The van der Waals surface area contributed by atoms with E-state index in [1.54, 1.807) is 12.4 Å². The number of hydrogen-bond donors (Lipinski definition) is 1. The summed E-state index contributed by atoms with van der Waals surface area (Å²) in [5.74, 6) is 1.04. The number of nitrogens with one attached hydrogen (secondary N) is 1. The zero-order valence-corrected chi connectivity index (χ0v) is 9.11. The Balaban J connectivity index is 1.82. The van der Waals surface area contributed by atoms with Crippen LogP contribution in [-0.2, 0) is 0 Å². The van der Waals surface area contributed by atoms with Crippen LogP contribution in [0.1, 0.15) is 12.8 Å². The van der Waals surface area contributed by atoms with Gasteiger partial charge >= 0.3 is 0 Å². The van der Waals surface area contributed by atoms with Gasteiger partial charge in [0.1, 0.15) is 0 Å². The van der Waals surface area contributed by atoms with E-state index in [1.807, 2.05) is 0 Å². The van der Waals surface area contributed by atoms with Crippen LogP contribution >= 0.6 is 0 Å². The molecule has 1 spiro atoms. The highest BCUT2D eigenvalue weighted by atomic mass is 16.5. The van der Waals surface area contributed by atoms with Gasteiger partial charge in [-0.05, 0) is 19.4 Å². The van der Waals surface area contributed by atoms with Gasteiger partial charge in [-0.15, -0.1) is 0 Å². The Bertz CT molecular complexity index is 377. The molecule has 3 rings (SSSR count). The van der Waals surface area contributed by atoms with E-state index >= 15 is 0 Å². The molecule has 5 heteroatoms. The normalized spacial score (nSPS) is 28.8. The Hall–Kier alpha value is -1.36. The molecule has 16 heavy (non-hydrogen) atoms. The largest absolute Gasteiger partial charge is 0.474 e. The van der Waals surface area contributed by atoms with Gasteiger partial charge in [0.25, 0.3) is 11.8 Å². The second-order valence-electron chi connectivity index (χ2n) is 4.48. The first-order chi connectivity index (χ1) is 7.88.